The van der Waals surface area contributed by atoms with Gasteiger partial charge in [0.05, 0.1) is 24.9 Å². The van der Waals surface area contributed by atoms with Gasteiger partial charge in [0.15, 0.2) is 0 Å². The number of pyridine rings is 1. The van der Waals surface area contributed by atoms with Crippen LogP contribution in [0.3, 0.4) is 0 Å². The zero-order valence-corrected chi connectivity index (χ0v) is 20.4. The minimum atomic E-state index is -3.91. The van der Waals surface area contributed by atoms with E-state index in [2.05, 4.69) is 15.1 Å². The third-order valence-electron chi connectivity index (χ3n) is 5.40. The molecular weight excluding hydrogens is 457 g/mol. The summed E-state index contributed by atoms with van der Waals surface area (Å²) >= 11 is 0. The molecule has 0 spiro atoms. The number of fused-ring (bicyclic) bond motifs is 1. The maximum absolute atomic E-state index is 13.6. The molecule has 34 heavy (non-hydrogen) atoms. The fraction of sp³-hybridized carbons (Fsp3) is 0.417. The molecule has 0 radical (unpaired) electrons. The van der Waals surface area contributed by atoms with Gasteiger partial charge in [-0.1, -0.05) is 18.2 Å². The summed E-state index contributed by atoms with van der Waals surface area (Å²) < 4.78 is 36.5. The lowest BCUT2D eigenvalue weighted by molar-refractivity contribution is -0.149. The summed E-state index contributed by atoms with van der Waals surface area (Å²) in [7, 11) is -3.91. The Balaban J connectivity index is 1.42. The molecule has 0 aliphatic carbocycles. The minimum Gasteiger partial charge on any atom is -0.462 e. The molecule has 10 heteroatoms. The maximum atomic E-state index is 13.6. The van der Waals surface area contributed by atoms with Gasteiger partial charge in [0.1, 0.15) is 17.4 Å². The highest BCUT2D eigenvalue weighted by molar-refractivity contribution is 7.52. The number of benzene rings is 1. The normalized spacial score (nSPS) is 20.8. The molecular formula is C24H30N3O6P. The van der Waals surface area contributed by atoms with E-state index in [4.69, 9.17) is 18.5 Å². The number of rotatable bonds is 10. The van der Waals surface area contributed by atoms with E-state index in [0.29, 0.717) is 5.75 Å². The first-order valence-corrected chi connectivity index (χ1v) is 12.9. The number of para-hydroxylation sites is 1. The number of hydrogen-bond acceptors (Lipinski definition) is 7. The number of ether oxygens (including phenoxy) is 2. The SMILES string of the molecule is CC(C)OC(=O)[C@H](C)N[P@](=O)(OCC1CCC(c2ccnc3[nH]ccc23)O1)Oc1ccccc1. The van der Waals surface area contributed by atoms with Crippen LogP contribution >= 0.6 is 7.75 Å². The second-order valence-corrected chi connectivity index (χ2v) is 10.2. The molecule has 2 aromatic heterocycles. The van der Waals surface area contributed by atoms with Gasteiger partial charge in [0.2, 0.25) is 0 Å². The highest BCUT2D eigenvalue weighted by Crippen LogP contribution is 2.46. The number of H-pyrrole nitrogens is 1. The summed E-state index contributed by atoms with van der Waals surface area (Å²) in [4.78, 5) is 19.7. The average Bonchev–Trinajstić information content (AvgIpc) is 3.47. The quantitative estimate of drug-likeness (QED) is 0.306. The van der Waals surface area contributed by atoms with Crippen LogP contribution in [-0.2, 0) is 23.4 Å². The van der Waals surface area contributed by atoms with Gasteiger partial charge in [0.25, 0.3) is 0 Å². The third kappa shape index (κ3) is 6.04. The Kier molecular flexibility index (Phi) is 7.68. The summed E-state index contributed by atoms with van der Waals surface area (Å²) in [6, 6.07) is 11.7. The van der Waals surface area contributed by atoms with E-state index in [0.717, 1.165) is 29.4 Å². The molecule has 182 valence electrons. The van der Waals surface area contributed by atoms with Crippen LogP contribution < -0.4 is 9.61 Å². The molecule has 3 aromatic rings. The van der Waals surface area contributed by atoms with Gasteiger partial charge in [0, 0.05) is 17.8 Å². The Morgan fingerprint density at radius 3 is 2.76 bits per heavy atom. The molecule has 0 amide bonds. The zero-order valence-electron chi connectivity index (χ0n) is 19.5. The number of aromatic amines is 1. The van der Waals surface area contributed by atoms with Crippen LogP contribution in [-0.4, -0.2) is 40.8 Å². The Hall–Kier alpha value is -2.71. The van der Waals surface area contributed by atoms with E-state index in [1.54, 1.807) is 51.2 Å². The monoisotopic (exact) mass is 487 g/mol. The van der Waals surface area contributed by atoms with Crippen LogP contribution in [0, 0.1) is 0 Å². The van der Waals surface area contributed by atoms with E-state index in [-0.39, 0.29) is 24.9 Å². The zero-order chi connectivity index (χ0) is 24.1. The topological polar surface area (TPSA) is 112 Å². The van der Waals surface area contributed by atoms with Crippen LogP contribution in [0.1, 0.15) is 45.3 Å². The fourth-order valence-corrected chi connectivity index (χ4v) is 5.36. The summed E-state index contributed by atoms with van der Waals surface area (Å²) in [5, 5.41) is 3.72. The summed E-state index contributed by atoms with van der Waals surface area (Å²) in [6.07, 6.45) is 4.45. The lowest BCUT2D eigenvalue weighted by atomic mass is 10.0. The molecule has 2 N–H and O–H groups in total. The van der Waals surface area contributed by atoms with Crippen molar-refractivity contribution in [1.82, 2.24) is 15.1 Å². The Morgan fingerprint density at radius 1 is 1.21 bits per heavy atom. The Bertz CT molecular complexity index is 1150. The van der Waals surface area contributed by atoms with Gasteiger partial charge < -0.3 is 19.0 Å². The maximum Gasteiger partial charge on any atom is 0.459 e. The predicted molar refractivity (Wildman–Crippen MR) is 127 cm³/mol. The van der Waals surface area contributed by atoms with Crippen molar-refractivity contribution in [2.24, 2.45) is 0 Å². The molecule has 4 atom stereocenters. The summed E-state index contributed by atoms with van der Waals surface area (Å²) in [5.74, 6) is -0.180. The lowest BCUT2D eigenvalue weighted by Crippen LogP contribution is -2.36. The smallest absolute Gasteiger partial charge is 0.459 e. The van der Waals surface area contributed by atoms with E-state index < -0.39 is 19.8 Å². The van der Waals surface area contributed by atoms with Gasteiger partial charge in [-0.25, -0.2) is 9.55 Å². The number of carbonyl (C=O) groups excluding carboxylic acids is 1. The van der Waals surface area contributed by atoms with Crippen molar-refractivity contribution in [3.05, 3.63) is 60.4 Å². The van der Waals surface area contributed by atoms with Crippen LogP contribution in [0.25, 0.3) is 11.0 Å². The minimum absolute atomic E-state index is 0.0426. The van der Waals surface area contributed by atoms with Gasteiger partial charge >= 0.3 is 13.7 Å². The van der Waals surface area contributed by atoms with E-state index in [1.807, 2.05) is 24.4 Å². The van der Waals surface area contributed by atoms with Gasteiger partial charge in [-0.3, -0.25) is 9.32 Å². The molecule has 1 aromatic carbocycles. The summed E-state index contributed by atoms with van der Waals surface area (Å²) in [5.41, 5.74) is 1.87. The number of carbonyl (C=O) groups is 1. The standard InChI is InChI=1S/C24H30N3O6P/c1-16(2)31-24(28)17(3)27-34(29,33-18-7-5-4-6-8-18)30-15-19-9-10-22(32-19)20-11-13-25-23-21(20)12-14-26-23/h4-8,11-14,16-17,19,22H,9-10,15H2,1-3H3,(H,25,26)(H,27,29)/t17-,19?,22?,34-/m0/s1. The van der Waals surface area contributed by atoms with Crippen molar-refractivity contribution in [3.8, 4) is 5.75 Å². The number of nitrogens with one attached hydrogen (secondary N) is 2. The predicted octanol–water partition coefficient (Wildman–Crippen LogP) is 4.92. The van der Waals surface area contributed by atoms with Gasteiger partial charge in [-0.15, -0.1) is 0 Å². The molecule has 0 saturated carbocycles. The summed E-state index contributed by atoms with van der Waals surface area (Å²) in [6.45, 7) is 5.10. The first-order chi connectivity index (χ1) is 16.3. The highest BCUT2D eigenvalue weighted by atomic mass is 31.2. The molecule has 2 unspecified atom stereocenters. The van der Waals surface area contributed by atoms with Crippen molar-refractivity contribution in [2.45, 2.75) is 58.0 Å². The first kappa shape index (κ1) is 24.4. The fourth-order valence-electron chi connectivity index (χ4n) is 3.84. The number of aromatic nitrogens is 2. The van der Waals surface area contributed by atoms with E-state index >= 15 is 0 Å². The second-order valence-electron chi connectivity index (χ2n) is 8.50. The van der Waals surface area contributed by atoms with Gasteiger partial charge in [-0.2, -0.15) is 5.09 Å². The molecule has 3 heterocycles. The molecule has 1 aliphatic rings. The molecule has 9 nitrogen and oxygen atoms in total. The second kappa shape index (κ2) is 10.7. The molecule has 0 bridgehead atoms. The average molecular weight is 487 g/mol. The molecule has 1 aliphatic heterocycles. The molecule has 1 saturated heterocycles. The Labute approximate surface area is 198 Å². The van der Waals surface area contributed by atoms with Crippen LogP contribution in [0.4, 0.5) is 0 Å². The van der Waals surface area contributed by atoms with Crippen molar-refractivity contribution in [3.63, 3.8) is 0 Å². The largest absolute Gasteiger partial charge is 0.462 e. The van der Waals surface area contributed by atoms with Crippen LogP contribution in [0.2, 0.25) is 0 Å². The first-order valence-electron chi connectivity index (χ1n) is 11.4. The number of hydrogen-bond donors (Lipinski definition) is 2. The molecule has 4 rings (SSSR count). The van der Waals surface area contributed by atoms with Crippen LogP contribution in [0.15, 0.2) is 54.9 Å². The number of esters is 1. The van der Waals surface area contributed by atoms with Crippen molar-refractivity contribution < 1.29 is 27.9 Å². The lowest BCUT2D eigenvalue weighted by Gasteiger charge is -2.24. The molecule has 1 fully saturated rings. The third-order valence-corrected chi connectivity index (χ3v) is 7.05. The van der Waals surface area contributed by atoms with Gasteiger partial charge in [-0.05, 0) is 63.4 Å². The van der Waals surface area contributed by atoms with E-state index in [9.17, 15) is 9.36 Å². The van der Waals surface area contributed by atoms with Crippen molar-refractivity contribution in [1.29, 1.82) is 0 Å². The highest BCUT2D eigenvalue weighted by Gasteiger charge is 2.35. The van der Waals surface area contributed by atoms with Crippen molar-refractivity contribution in [2.75, 3.05) is 6.61 Å². The number of nitrogens with zero attached hydrogens (tertiary/aromatic N) is 1. The van der Waals surface area contributed by atoms with E-state index in [1.165, 1.54) is 0 Å². The van der Waals surface area contributed by atoms with Crippen molar-refractivity contribution >= 4 is 24.7 Å². The van der Waals surface area contributed by atoms with Crippen LogP contribution in [0.5, 0.6) is 5.75 Å². The Morgan fingerprint density at radius 2 is 2.00 bits per heavy atom.